The number of hydrogen-bond donors (Lipinski definition) is 0. The van der Waals surface area contributed by atoms with Gasteiger partial charge in [0, 0.05) is 0 Å². The van der Waals surface area contributed by atoms with Gasteiger partial charge in [-0.05, 0) is 0 Å². The molecule has 0 saturated carbocycles. The van der Waals surface area contributed by atoms with Crippen LogP contribution < -0.4 is 21.5 Å². The Morgan fingerprint density at radius 1 is 0.893 bits per heavy atom. The summed E-state index contributed by atoms with van der Waals surface area (Å²) in [5.74, 6) is 0. The van der Waals surface area contributed by atoms with Gasteiger partial charge in [0.25, 0.3) is 0 Å². The normalized spacial score (nSPS) is 11.8. The van der Waals surface area contributed by atoms with Gasteiger partial charge in [0.15, 0.2) is 0 Å². The van der Waals surface area contributed by atoms with Crippen molar-refractivity contribution in [1.82, 2.24) is 3.11 Å². The molecule has 9 heteroatoms. The number of nitrogens with zero attached hydrogens (tertiary/aromatic N) is 4. The summed E-state index contributed by atoms with van der Waals surface area (Å²) < 4.78 is 3.31. The number of quaternary nitrogens is 1. The summed E-state index contributed by atoms with van der Waals surface area (Å²) in [6.07, 6.45) is 0. The maximum absolute atomic E-state index is 11.6. The Morgan fingerprint density at radius 3 is 1.79 bits per heavy atom. The zero-order chi connectivity index (χ0) is 21.1. The van der Waals surface area contributed by atoms with E-state index in [4.69, 9.17) is 0 Å². The molecule has 2 aromatic rings. The molecule has 0 aliphatic carbocycles. The van der Waals surface area contributed by atoms with Crippen LogP contribution in [0.3, 0.4) is 0 Å². The Morgan fingerprint density at radius 2 is 1.36 bits per heavy atom. The number of benzene rings is 2. The van der Waals surface area contributed by atoms with Crippen LogP contribution in [0.2, 0.25) is 0 Å². The van der Waals surface area contributed by atoms with Crippen molar-refractivity contribution >= 4 is 11.4 Å². The average Bonchev–Trinajstić information content (AvgIpc) is 2.58. The van der Waals surface area contributed by atoms with E-state index >= 15 is 0 Å². The molecule has 0 unspecified atom stereocenters. The average molecular weight is 500 g/mol. The quantitative estimate of drug-likeness (QED) is 0.131. The molecule has 152 valence electrons. The van der Waals surface area contributed by atoms with E-state index in [0.717, 1.165) is 0 Å². The Bertz CT molecular complexity index is 894. The van der Waals surface area contributed by atoms with Crippen LogP contribution in [-0.4, -0.2) is 52.7 Å². The van der Waals surface area contributed by atoms with Gasteiger partial charge < -0.3 is 0 Å². The molecule has 0 heterocycles. The zero-order valence-electron chi connectivity index (χ0n) is 16.7. The molecule has 0 aromatic heterocycles. The first kappa shape index (κ1) is 22.2. The van der Waals surface area contributed by atoms with Crippen molar-refractivity contribution in [2.45, 2.75) is 11.0 Å². The van der Waals surface area contributed by atoms with E-state index in [-0.39, 0.29) is 37.8 Å². The summed E-state index contributed by atoms with van der Waals surface area (Å²) in [5.41, 5.74) is 2.66. The second-order valence-electron chi connectivity index (χ2n) is 7.69. The van der Waals surface area contributed by atoms with Crippen LogP contribution in [0, 0.1) is 20.2 Å². The van der Waals surface area contributed by atoms with Crippen LogP contribution in [0.25, 0.3) is 11.1 Å². The Kier molecular flexibility index (Phi) is 7.07. The molecular formula is C19H25IN4O4. The van der Waals surface area contributed by atoms with E-state index < -0.39 is 4.92 Å². The van der Waals surface area contributed by atoms with Crippen molar-refractivity contribution in [3.8, 4) is 11.1 Å². The van der Waals surface area contributed by atoms with Gasteiger partial charge in [0.1, 0.15) is 0 Å². The SMILES string of the molecule is CN(C)[I-]Cc1ccc(-c2ccc(C[N+](C)(C)C)c([N+](=O)[O-])c2)cc1[N+](=O)[O-]. The van der Waals surface area contributed by atoms with Gasteiger partial charge >= 0.3 is 175 Å². The number of hydrogen-bond acceptors (Lipinski definition) is 5. The third kappa shape index (κ3) is 5.94. The van der Waals surface area contributed by atoms with Gasteiger partial charge in [-0.25, -0.2) is 0 Å². The molecule has 0 spiro atoms. The first-order chi connectivity index (χ1) is 13.0. The van der Waals surface area contributed by atoms with Crippen LogP contribution in [-0.2, 0) is 11.0 Å². The van der Waals surface area contributed by atoms with Crippen molar-refractivity contribution in [3.05, 3.63) is 67.8 Å². The molecule has 8 nitrogen and oxygen atoms in total. The van der Waals surface area contributed by atoms with E-state index in [0.29, 0.717) is 37.7 Å². The van der Waals surface area contributed by atoms with E-state index in [2.05, 4.69) is 3.11 Å². The number of nitro benzene ring substituents is 2. The minimum atomic E-state index is -0.390. The van der Waals surface area contributed by atoms with E-state index in [1.807, 2.05) is 35.2 Å². The van der Waals surface area contributed by atoms with E-state index in [1.165, 1.54) is 12.1 Å². The molecule has 2 aromatic carbocycles. The molecule has 0 fully saturated rings. The topological polar surface area (TPSA) is 89.5 Å². The first-order valence-electron chi connectivity index (χ1n) is 8.60. The van der Waals surface area contributed by atoms with Crippen LogP contribution in [0.5, 0.6) is 0 Å². The van der Waals surface area contributed by atoms with E-state index in [9.17, 15) is 20.2 Å². The number of rotatable bonds is 8. The van der Waals surface area contributed by atoms with Crippen LogP contribution in [0.15, 0.2) is 36.4 Å². The van der Waals surface area contributed by atoms with Gasteiger partial charge in [0.05, 0.1) is 0 Å². The predicted octanol–water partition coefficient (Wildman–Crippen LogP) is 0.442. The fraction of sp³-hybridized carbons (Fsp3) is 0.368. The number of nitro groups is 2. The van der Waals surface area contributed by atoms with Gasteiger partial charge in [0.2, 0.25) is 0 Å². The second kappa shape index (κ2) is 8.93. The third-order valence-corrected chi connectivity index (χ3v) is 6.51. The molecular weight excluding hydrogens is 475 g/mol. The second-order valence-corrected chi connectivity index (χ2v) is 11.1. The van der Waals surface area contributed by atoms with Crippen LogP contribution in [0.1, 0.15) is 11.1 Å². The monoisotopic (exact) mass is 500 g/mol. The number of halogens is 1. The fourth-order valence-corrected chi connectivity index (χ4v) is 4.46. The molecule has 28 heavy (non-hydrogen) atoms. The van der Waals surface area contributed by atoms with Crippen LogP contribution >= 0.6 is 0 Å². The summed E-state index contributed by atoms with van der Waals surface area (Å²) in [4.78, 5) is 22.3. The first-order valence-corrected chi connectivity index (χ1v) is 11.1. The predicted molar refractivity (Wildman–Crippen MR) is 104 cm³/mol. The molecule has 0 aliphatic rings. The summed E-state index contributed by atoms with van der Waals surface area (Å²) in [5, 5.41) is 23.1. The molecule has 0 N–H and O–H groups in total. The molecule has 0 aliphatic heterocycles. The van der Waals surface area contributed by atoms with Crippen molar-refractivity contribution in [3.63, 3.8) is 0 Å². The summed E-state index contributed by atoms with van der Waals surface area (Å²) >= 11 is -0.315. The van der Waals surface area contributed by atoms with Gasteiger partial charge in [-0.15, -0.1) is 0 Å². The van der Waals surface area contributed by atoms with Crippen molar-refractivity contribution in [1.29, 1.82) is 0 Å². The Balaban J connectivity index is 2.46. The summed E-state index contributed by atoms with van der Waals surface area (Å²) in [7, 11) is 9.83. The van der Waals surface area contributed by atoms with Gasteiger partial charge in [-0.2, -0.15) is 0 Å². The molecule has 0 radical (unpaired) electrons. The minimum absolute atomic E-state index is 0.0377. The van der Waals surface area contributed by atoms with Gasteiger partial charge in [-0.3, -0.25) is 0 Å². The van der Waals surface area contributed by atoms with Crippen LogP contribution in [0.4, 0.5) is 11.4 Å². The van der Waals surface area contributed by atoms with Crippen molar-refractivity contribution in [2.24, 2.45) is 0 Å². The molecule has 0 saturated heterocycles. The van der Waals surface area contributed by atoms with Crippen molar-refractivity contribution < 1.29 is 35.8 Å². The fourth-order valence-electron chi connectivity index (χ4n) is 2.77. The van der Waals surface area contributed by atoms with Crippen molar-refractivity contribution in [2.75, 3.05) is 35.2 Å². The summed E-state index contributed by atoms with van der Waals surface area (Å²) in [6, 6.07) is 10.1. The molecule has 0 bridgehead atoms. The molecule has 0 amide bonds. The maximum atomic E-state index is 11.6. The standard InChI is InChI=1S/C19H25IN4O4/c1-21(2)20-12-16-8-6-14(10-18(16)22(25)26)15-7-9-17(13-24(3,4)5)19(11-15)23(27)28/h6-11H,12-13H2,1-5H3. The Hall–Kier alpha value is -2.11. The van der Waals surface area contributed by atoms with Gasteiger partial charge in [-0.1, -0.05) is 0 Å². The summed E-state index contributed by atoms with van der Waals surface area (Å²) in [6.45, 7) is 0.518. The third-order valence-electron chi connectivity index (χ3n) is 3.98. The molecule has 0 atom stereocenters. The Labute approximate surface area is 175 Å². The number of alkyl halides is 1. The van der Waals surface area contributed by atoms with E-state index in [1.54, 1.807) is 24.3 Å². The molecule has 2 rings (SSSR count). The zero-order valence-corrected chi connectivity index (χ0v) is 18.8.